The van der Waals surface area contributed by atoms with Crippen LogP contribution >= 0.6 is 11.6 Å². The maximum Gasteiger partial charge on any atom is 0.339 e. The molecular formula is C41H34ClN3O9. The molecule has 0 unspecified atom stereocenters. The molecule has 6 atom stereocenters. The zero-order chi connectivity index (χ0) is 38.2. The Morgan fingerprint density at radius 1 is 0.907 bits per heavy atom. The molecule has 4 aromatic carbocycles. The van der Waals surface area contributed by atoms with Crippen LogP contribution in [0.3, 0.4) is 0 Å². The van der Waals surface area contributed by atoms with Crippen molar-refractivity contribution in [2.24, 2.45) is 23.7 Å². The topological polar surface area (TPSA) is 174 Å². The smallest absolute Gasteiger partial charge is 0.339 e. The van der Waals surface area contributed by atoms with Gasteiger partial charge >= 0.3 is 5.97 Å². The number of halogens is 1. The lowest BCUT2D eigenvalue weighted by atomic mass is 9.49. The minimum absolute atomic E-state index is 0.0186. The molecular weight excluding hydrogens is 714 g/mol. The van der Waals surface area contributed by atoms with Crippen LogP contribution in [0.2, 0.25) is 5.02 Å². The van der Waals surface area contributed by atoms with Crippen LogP contribution in [-0.2, 0) is 24.6 Å². The van der Waals surface area contributed by atoms with Gasteiger partial charge in [-0.15, -0.1) is 0 Å². The van der Waals surface area contributed by atoms with Crippen molar-refractivity contribution in [2.75, 3.05) is 17.4 Å². The van der Waals surface area contributed by atoms with E-state index in [1.165, 1.54) is 19.2 Å². The van der Waals surface area contributed by atoms with Crippen molar-refractivity contribution in [1.29, 1.82) is 0 Å². The minimum Gasteiger partial charge on any atom is -0.507 e. The van der Waals surface area contributed by atoms with E-state index in [4.69, 9.17) is 16.3 Å². The van der Waals surface area contributed by atoms with Gasteiger partial charge in [0.25, 0.3) is 11.8 Å². The van der Waals surface area contributed by atoms with Gasteiger partial charge in [-0.25, -0.2) is 9.69 Å². The molecule has 2 heterocycles. The molecule has 0 spiro atoms. The number of hydrazine groups is 1. The van der Waals surface area contributed by atoms with Crippen LogP contribution < -0.4 is 15.1 Å². The Bertz CT molecular complexity index is 2310. The summed E-state index contributed by atoms with van der Waals surface area (Å²) in [7, 11) is 1.37. The monoisotopic (exact) mass is 747 g/mol. The number of nitrogens with one attached hydrogen (secondary N) is 1. The van der Waals surface area contributed by atoms with Crippen LogP contribution in [0.1, 0.15) is 45.8 Å². The SMILES string of the molecule is COc1cc([C@H]2C3=CC[C@@H]4C(=O)N(c5ccc(C(=O)O)c(O)c5)C(=O)[C@@H]4[C@@H]3C[C@H]3C(=O)N(Nc4ccc(C)cc4)C(=O)[C@@]23c2ccccc2)cc(Cl)c1O. The fraction of sp³-hybridized carbons (Fsp3) is 0.244. The maximum absolute atomic E-state index is 15.3. The summed E-state index contributed by atoms with van der Waals surface area (Å²) in [6, 6.07) is 22.8. The predicted molar refractivity (Wildman–Crippen MR) is 196 cm³/mol. The van der Waals surface area contributed by atoms with Gasteiger partial charge in [0.2, 0.25) is 11.8 Å². The van der Waals surface area contributed by atoms with Crippen molar-refractivity contribution in [3.8, 4) is 17.2 Å². The Kier molecular flexibility index (Phi) is 8.26. The Morgan fingerprint density at radius 3 is 2.30 bits per heavy atom. The highest BCUT2D eigenvalue weighted by molar-refractivity contribution is 6.32. The molecule has 274 valence electrons. The number of anilines is 2. The molecule has 2 aliphatic carbocycles. The second-order valence-corrected chi connectivity index (χ2v) is 14.6. The lowest BCUT2D eigenvalue weighted by Gasteiger charge is -2.50. The summed E-state index contributed by atoms with van der Waals surface area (Å²) < 4.78 is 5.51. The number of carbonyl (C=O) groups is 5. The summed E-state index contributed by atoms with van der Waals surface area (Å²) in [5.74, 6) is -8.82. The average molecular weight is 748 g/mol. The lowest BCUT2D eigenvalue weighted by Crippen LogP contribution is -2.53. The van der Waals surface area contributed by atoms with Crippen molar-refractivity contribution in [3.05, 3.63) is 124 Å². The number of hydrogen-bond donors (Lipinski definition) is 4. The van der Waals surface area contributed by atoms with Gasteiger partial charge in [-0.2, -0.15) is 5.01 Å². The van der Waals surface area contributed by atoms with Crippen LogP contribution in [0.25, 0.3) is 0 Å². The number of phenols is 2. The summed E-state index contributed by atoms with van der Waals surface area (Å²) in [5.41, 5.74) is 4.28. The Labute approximate surface area is 314 Å². The zero-order valence-corrected chi connectivity index (χ0v) is 29.8. The van der Waals surface area contributed by atoms with Gasteiger partial charge in [-0.1, -0.05) is 71.3 Å². The van der Waals surface area contributed by atoms with Crippen LogP contribution in [0, 0.1) is 30.6 Å². The van der Waals surface area contributed by atoms with Crippen LogP contribution in [0.5, 0.6) is 17.2 Å². The summed E-state index contributed by atoms with van der Waals surface area (Å²) in [6.07, 6.45) is 2.03. The van der Waals surface area contributed by atoms with Gasteiger partial charge in [-0.05, 0) is 73.2 Å². The van der Waals surface area contributed by atoms with Crippen molar-refractivity contribution in [2.45, 2.75) is 31.1 Å². The third-order valence-corrected chi connectivity index (χ3v) is 11.8. The molecule has 4 aliphatic rings. The number of imide groups is 2. The van der Waals surface area contributed by atoms with Crippen LogP contribution in [0.15, 0.2) is 96.6 Å². The second kappa shape index (κ2) is 12.8. The lowest BCUT2D eigenvalue weighted by molar-refractivity contribution is -0.138. The third-order valence-electron chi connectivity index (χ3n) is 11.5. The molecule has 3 fully saturated rings. The first-order valence-electron chi connectivity index (χ1n) is 17.4. The predicted octanol–water partition coefficient (Wildman–Crippen LogP) is 5.96. The molecule has 4 amide bonds. The number of allylic oxidation sites excluding steroid dienone is 2. The molecule has 4 N–H and O–H groups in total. The summed E-state index contributed by atoms with van der Waals surface area (Å²) in [6.45, 7) is 1.92. The summed E-state index contributed by atoms with van der Waals surface area (Å²) >= 11 is 6.62. The molecule has 4 aromatic rings. The minimum atomic E-state index is -1.57. The average Bonchev–Trinajstić information content (AvgIpc) is 3.54. The fourth-order valence-corrected chi connectivity index (χ4v) is 9.35. The van der Waals surface area contributed by atoms with E-state index < -0.39 is 70.4 Å². The highest BCUT2D eigenvalue weighted by atomic mass is 35.5. The third kappa shape index (κ3) is 5.00. The molecule has 12 nitrogen and oxygen atoms in total. The van der Waals surface area contributed by atoms with E-state index in [2.05, 4.69) is 5.43 Å². The number of amides is 4. The first-order valence-corrected chi connectivity index (χ1v) is 17.7. The number of hydrogen-bond acceptors (Lipinski definition) is 9. The number of rotatable bonds is 7. The van der Waals surface area contributed by atoms with Gasteiger partial charge in [0.05, 0.1) is 46.7 Å². The molecule has 0 aromatic heterocycles. The number of methoxy groups -OCH3 is 1. The van der Waals surface area contributed by atoms with E-state index in [9.17, 15) is 34.5 Å². The largest absolute Gasteiger partial charge is 0.507 e. The number of benzene rings is 4. The van der Waals surface area contributed by atoms with Gasteiger partial charge in [0.1, 0.15) is 11.3 Å². The van der Waals surface area contributed by atoms with Gasteiger partial charge in [0.15, 0.2) is 11.5 Å². The standard InChI is InChI=1S/C41H34ClN3O9/c1-20-8-10-23(11-9-20)43-45-37(49)29-19-28-25(14-15-27-33(28)38(50)44(36(27)48)24-12-13-26(39(51)52)31(46)18-24)34(21-16-30(42)35(47)32(17-21)54-2)41(29,40(45)53)22-6-4-3-5-7-22/h3-14,16-18,27-29,33-34,43,46-47H,15,19H2,1-2H3,(H,51,52)/t27-,28+,29-,33-,34-,41+/m0/s1. The van der Waals surface area contributed by atoms with E-state index in [1.54, 1.807) is 42.5 Å². The Morgan fingerprint density at radius 2 is 1.63 bits per heavy atom. The quantitative estimate of drug-likeness (QED) is 0.131. The number of ether oxygens (including phenoxy) is 1. The number of nitrogens with zero attached hydrogens (tertiary/aromatic N) is 2. The van der Waals surface area contributed by atoms with Crippen molar-refractivity contribution < 1.29 is 44.0 Å². The fourth-order valence-electron chi connectivity index (χ4n) is 9.13. The highest BCUT2D eigenvalue weighted by Gasteiger charge is 2.70. The number of aromatic hydroxyl groups is 2. The molecule has 8 rings (SSSR count). The number of aromatic carboxylic acids is 1. The van der Waals surface area contributed by atoms with Crippen molar-refractivity contribution in [1.82, 2.24) is 5.01 Å². The number of carbonyl (C=O) groups excluding carboxylic acids is 4. The normalized spacial score (nSPS) is 25.9. The number of carboxylic acid groups (broad SMARTS) is 1. The molecule has 1 saturated carbocycles. The molecule has 0 radical (unpaired) electrons. The van der Waals surface area contributed by atoms with Gasteiger partial charge < -0.3 is 20.1 Å². The first kappa shape index (κ1) is 34.9. The zero-order valence-electron chi connectivity index (χ0n) is 29.0. The van der Waals surface area contributed by atoms with E-state index in [1.807, 2.05) is 31.2 Å². The van der Waals surface area contributed by atoms with Gasteiger partial charge in [0, 0.05) is 12.0 Å². The van der Waals surface area contributed by atoms with E-state index in [-0.39, 0.29) is 40.6 Å². The van der Waals surface area contributed by atoms with E-state index >= 15 is 4.79 Å². The van der Waals surface area contributed by atoms with Crippen LogP contribution in [-0.4, -0.2) is 57.0 Å². The highest BCUT2D eigenvalue weighted by Crippen LogP contribution is 2.64. The van der Waals surface area contributed by atoms with Crippen molar-refractivity contribution in [3.63, 3.8) is 0 Å². The number of fused-ring (bicyclic) bond motifs is 4. The Balaban J connectivity index is 1.32. The summed E-state index contributed by atoms with van der Waals surface area (Å²) in [4.78, 5) is 71.3. The molecule has 2 saturated heterocycles. The second-order valence-electron chi connectivity index (χ2n) is 14.2. The van der Waals surface area contributed by atoms with Crippen molar-refractivity contribution >= 4 is 52.6 Å². The number of aryl methyl sites for hydroxylation is 1. The molecule has 13 heteroatoms. The first-order chi connectivity index (χ1) is 25.9. The van der Waals surface area contributed by atoms with Crippen LogP contribution in [0.4, 0.5) is 11.4 Å². The van der Waals surface area contributed by atoms with E-state index in [0.717, 1.165) is 27.6 Å². The number of phenolic OH excluding ortho intramolecular Hbond substituents is 1. The number of carboxylic acids is 1. The Hall–Kier alpha value is -6.14. The molecule has 54 heavy (non-hydrogen) atoms. The van der Waals surface area contributed by atoms with E-state index in [0.29, 0.717) is 22.4 Å². The summed E-state index contributed by atoms with van der Waals surface area (Å²) in [5, 5.41) is 31.7. The molecule has 0 bridgehead atoms. The van der Waals surface area contributed by atoms with Gasteiger partial charge in [-0.3, -0.25) is 24.6 Å². The molecule has 2 aliphatic heterocycles. The maximum atomic E-state index is 15.3.